The smallest absolute Gasteiger partial charge is 0.254 e. The molecule has 0 bridgehead atoms. The van der Waals surface area contributed by atoms with E-state index in [0.717, 1.165) is 58.0 Å². The molecule has 0 N–H and O–H groups in total. The summed E-state index contributed by atoms with van der Waals surface area (Å²) in [5.41, 5.74) is 4.05. The highest BCUT2D eigenvalue weighted by Gasteiger charge is 2.28. The van der Waals surface area contributed by atoms with Crippen molar-refractivity contribution in [2.24, 2.45) is 0 Å². The van der Waals surface area contributed by atoms with Gasteiger partial charge in [0.2, 0.25) is 0 Å². The lowest BCUT2D eigenvalue weighted by Gasteiger charge is -2.36. The lowest BCUT2D eigenvalue weighted by atomic mass is 10.1. The minimum absolute atomic E-state index is 0.0724. The fourth-order valence-electron chi connectivity index (χ4n) is 5.06. The molecule has 2 aromatic carbocycles. The Morgan fingerprint density at radius 3 is 2.38 bits per heavy atom. The van der Waals surface area contributed by atoms with Gasteiger partial charge in [-0.2, -0.15) is 5.10 Å². The SMILES string of the molecule is CCC[C@H](C)c1nc(N2CCN(C(=O)c3ccccc3C)CC2)c2c(C)nn(-c3ccc(F)cc3)c2n1. The molecule has 1 atom stereocenters. The highest BCUT2D eigenvalue weighted by atomic mass is 19.1. The Hall–Kier alpha value is -3.81. The molecule has 3 heterocycles. The van der Waals surface area contributed by atoms with Gasteiger partial charge in [0, 0.05) is 37.7 Å². The summed E-state index contributed by atoms with van der Waals surface area (Å²) in [6.45, 7) is 10.8. The van der Waals surface area contributed by atoms with E-state index in [1.54, 1.807) is 16.8 Å². The summed E-state index contributed by atoms with van der Waals surface area (Å²) < 4.78 is 15.4. The second-order valence-electron chi connectivity index (χ2n) is 9.86. The fraction of sp³-hybridized carbons (Fsp3) is 0.379. The Morgan fingerprint density at radius 2 is 1.70 bits per heavy atom. The number of fused-ring (bicyclic) bond motifs is 1. The molecule has 0 spiro atoms. The summed E-state index contributed by atoms with van der Waals surface area (Å²) in [6, 6.07) is 14.0. The van der Waals surface area contributed by atoms with Crippen molar-refractivity contribution in [3.05, 3.63) is 77.0 Å². The van der Waals surface area contributed by atoms with Gasteiger partial charge in [-0.05, 0) is 56.2 Å². The lowest BCUT2D eigenvalue weighted by Crippen LogP contribution is -2.49. The van der Waals surface area contributed by atoms with E-state index in [1.807, 2.05) is 43.0 Å². The van der Waals surface area contributed by atoms with Crippen LogP contribution >= 0.6 is 0 Å². The number of aromatic nitrogens is 4. The minimum atomic E-state index is -0.289. The molecule has 1 fully saturated rings. The third-order valence-electron chi connectivity index (χ3n) is 7.18. The first kappa shape index (κ1) is 24.9. The zero-order valence-electron chi connectivity index (χ0n) is 21.9. The number of carbonyl (C=O) groups excluding carboxylic acids is 1. The van der Waals surface area contributed by atoms with Crippen molar-refractivity contribution in [2.45, 2.75) is 46.5 Å². The first-order valence-electron chi connectivity index (χ1n) is 13.0. The van der Waals surface area contributed by atoms with Crippen molar-refractivity contribution in [1.29, 1.82) is 0 Å². The standard InChI is InChI=1S/C29H33FN6O/c1-5-8-20(3)26-31-27(25-21(4)33-36(28(25)32-26)23-13-11-22(30)12-14-23)34-15-17-35(18-16-34)29(37)24-10-7-6-9-19(24)2/h6-7,9-14,20H,5,8,15-18H2,1-4H3/t20-/m0/s1. The first-order chi connectivity index (χ1) is 17.9. The van der Waals surface area contributed by atoms with Crippen LogP contribution < -0.4 is 4.90 Å². The van der Waals surface area contributed by atoms with E-state index in [1.165, 1.54) is 12.1 Å². The molecule has 5 rings (SSSR count). The van der Waals surface area contributed by atoms with Crippen LogP contribution in [0.25, 0.3) is 16.7 Å². The van der Waals surface area contributed by atoms with Crippen LogP contribution in [0.3, 0.4) is 0 Å². The number of carbonyl (C=O) groups is 1. The zero-order chi connectivity index (χ0) is 26.1. The van der Waals surface area contributed by atoms with Crippen molar-refractivity contribution in [2.75, 3.05) is 31.1 Å². The van der Waals surface area contributed by atoms with Crippen molar-refractivity contribution < 1.29 is 9.18 Å². The number of rotatable bonds is 6. The number of nitrogens with zero attached hydrogens (tertiary/aromatic N) is 6. The van der Waals surface area contributed by atoms with Gasteiger partial charge in [-0.1, -0.05) is 38.5 Å². The predicted molar refractivity (Wildman–Crippen MR) is 144 cm³/mol. The van der Waals surface area contributed by atoms with Gasteiger partial charge in [0.25, 0.3) is 5.91 Å². The normalized spacial score (nSPS) is 14.8. The Balaban J connectivity index is 1.51. The highest BCUT2D eigenvalue weighted by molar-refractivity contribution is 5.96. The van der Waals surface area contributed by atoms with Gasteiger partial charge in [-0.25, -0.2) is 19.0 Å². The molecular formula is C29H33FN6O. The van der Waals surface area contributed by atoms with Crippen LogP contribution in [-0.2, 0) is 0 Å². The van der Waals surface area contributed by atoms with Crippen LogP contribution in [0.4, 0.5) is 10.2 Å². The van der Waals surface area contributed by atoms with Crippen molar-refractivity contribution in [3.8, 4) is 5.69 Å². The van der Waals surface area contributed by atoms with E-state index in [0.29, 0.717) is 26.2 Å². The van der Waals surface area contributed by atoms with Gasteiger partial charge >= 0.3 is 0 Å². The molecule has 192 valence electrons. The molecule has 1 amide bonds. The van der Waals surface area contributed by atoms with Gasteiger partial charge in [0.15, 0.2) is 5.65 Å². The van der Waals surface area contributed by atoms with Gasteiger partial charge in [-0.15, -0.1) is 0 Å². The maximum absolute atomic E-state index is 13.6. The van der Waals surface area contributed by atoms with E-state index < -0.39 is 0 Å². The molecule has 4 aromatic rings. The predicted octanol–water partition coefficient (Wildman–Crippen LogP) is 5.44. The van der Waals surface area contributed by atoms with Crippen LogP contribution in [0.2, 0.25) is 0 Å². The molecule has 0 saturated carbocycles. The molecule has 8 heteroatoms. The second-order valence-corrected chi connectivity index (χ2v) is 9.86. The Kier molecular flexibility index (Phi) is 6.91. The molecule has 2 aromatic heterocycles. The van der Waals surface area contributed by atoms with Crippen molar-refractivity contribution in [1.82, 2.24) is 24.6 Å². The molecule has 0 radical (unpaired) electrons. The van der Waals surface area contributed by atoms with E-state index in [-0.39, 0.29) is 17.6 Å². The number of benzene rings is 2. The number of hydrogen-bond acceptors (Lipinski definition) is 5. The zero-order valence-corrected chi connectivity index (χ0v) is 21.9. The molecule has 1 aliphatic heterocycles. The third kappa shape index (κ3) is 4.80. The first-order valence-corrected chi connectivity index (χ1v) is 13.0. The molecule has 0 aliphatic carbocycles. The second kappa shape index (κ2) is 10.3. The van der Waals surface area contributed by atoms with Gasteiger partial charge in [0.1, 0.15) is 17.5 Å². The number of aryl methyl sites for hydroxylation is 2. The van der Waals surface area contributed by atoms with E-state index in [9.17, 15) is 9.18 Å². The lowest BCUT2D eigenvalue weighted by molar-refractivity contribution is 0.0746. The average molecular weight is 501 g/mol. The van der Waals surface area contributed by atoms with Gasteiger partial charge in [0.05, 0.1) is 16.8 Å². The summed E-state index contributed by atoms with van der Waals surface area (Å²) in [7, 11) is 0. The third-order valence-corrected chi connectivity index (χ3v) is 7.18. The van der Waals surface area contributed by atoms with Gasteiger partial charge in [-0.3, -0.25) is 4.79 Å². The quantitative estimate of drug-likeness (QED) is 0.353. The van der Waals surface area contributed by atoms with Crippen LogP contribution in [0.1, 0.15) is 60.0 Å². The minimum Gasteiger partial charge on any atom is -0.352 e. The largest absolute Gasteiger partial charge is 0.352 e. The highest BCUT2D eigenvalue weighted by Crippen LogP contribution is 2.32. The number of hydrogen-bond donors (Lipinski definition) is 0. The summed E-state index contributed by atoms with van der Waals surface area (Å²) in [5.74, 6) is 1.61. The maximum atomic E-state index is 13.6. The maximum Gasteiger partial charge on any atom is 0.254 e. The van der Waals surface area contributed by atoms with Crippen LogP contribution in [0, 0.1) is 19.7 Å². The number of halogens is 1. The topological polar surface area (TPSA) is 67.2 Å². The van der Waals surface area contributed by atoms with Crippen LogP contribution in [0.5, 0.6) is 0 Å². The number of piperazine rings is 1. The molecule has 37 heavy (non-hydrogen) atoms. The van der Waals surface area contributed by atoms with Crippen LogP contribution in [-0.4, -0.2) is 56.7 Å². The molecule has 7 nitrogen and oxygen atoms in total. The Labute approximate surface area is 216 Å². The van der Waals surface area contributed by atoms with Crippen molar-refractivity contribution >= 4 is 22.8 Å². The summed E-state index contributed by atoms with van der Waals surface area (Å²) in [4.78, 5) is 27.4. The van der Waals surface area contributed by atoms with Gasteiger partial charge < -0.3 is 9.80 Å². The Bertz CT molecular complexity index is 1420. The molecular weight excluding hydrogens is 467 g/mol. The summed E-state index contributed by atoms with van der Waals surface area (Å²) in [5, 5.41) is 5.68. The van der Waals surface area contributed by atoms with Crippen LogP contribution in [0.15, 0.2) is 48.5 Å². The molecule has 1 aliphatic rings. The van der Waals surface area contributed by atoms with Crippen molar-refractivity contribution in [3.63, 3.8) is 0 Å². The number of amides is 1. The summed E-state index contributed by atoms with van der Waals surface area (Å²) in [6.07, 6.45) is 2.02. The van der Waals surface area contributed by atoms with E-state index in [2.05, 4.69) is 18.7 Å². The number of anilines is 1. The molecule has 0 unspecified atom stereocenters. The Morgan fingerprint density at radius 1 is 1.00 bits per heavy atom. The average Bonchev–Trinajstić information content (AvgIpc) is 3.25. The molecule has 1 saturated heterocycles. The van der Waals surface area contributed by atoms with E-state index >= 15 is 0 Å². The monoisotopic (exact) mass is 500 g/mol. The summed E-state index contributed by atoms with van der Waals surface area (Å²) >= 11 is 0. The van der Waals surface area contributed by atoms with E-state index in [4.69, 9.17) is 15.1 Å². The fourth-order valence-corrected chi connectivity index (χ4v) is 5.06.